The molecule has 6 aromatic rings. The molecule has 0 saturated carbocycles. The zero-order chi connectivity index (χ0) is 25.3. The molecule has 0 radical (unpaired) electrons. The normalized spacial score (nSPS) is 12.4. The van der Waals surface area contributed by atoms with Crippen LogP contribution in [0.3, 0.4) is 0 Å². The van der Waals surface area contributed by atoms with Crippen LogP contribution in [-0.4, -0.2) is 9.97 Å². The highest BCUT2D eigenvalue weighted by Crippen LogP contribution is 2.53. The predicted octanol–water partition coefficient (Wildman–Crippen LogP) is 9.59. The first-order chi connectivity index (χ1) is 18.8. The zero-order valence-electron chi connectivity index (χ0n) is 21.4. The van der Waals surface area contributed by atoms with Gasteiger partial charge in [-0.2, -0.15) is 0 Å². The van der Waals surface area contributed by atoms with Crippen LogP contribution in [0.15, 0.2) is 109 Å². The van der Waals surface area contributed by atoms with Crippen molar-refractivity contribution in [1.82, 2.24) is 9.97 Å². The van der Waals surface area contributed by atoms with Crippen LogP contribution in [-0.2, 0) is 12.8 Å². The second kappa shape index (κ2) is 9.72. The molecule has 2 heterocycles. The summed E-state index contributed by atoms with van der Waals surface area (Å²) in [6, 6.07) is 34.8. The number of allylic oxidation sites excluding steroid dienone is 2. The molecule has 1 aliphatic rings. The number of H-pyrrole nitrogens is 2. The summed E-state index contributed by atoms with van der Waals surface area (Å²) in [5.74, 6) is 0. The molecule has 1 aliphatic carbocycles. The van der Waals surface area contributed by atoms with Crippen LogP contribution in [0.5, 0.6) is 0 Å². The Kier molecular flexibility index (Phi) is 5.79. The van der Waals surface area contributed by atoms with Gasteiger partial charge in [0, 0.05) is 33.3 Å². The smallest absolute Gasteiger partial charge is 0.0542 e. The summed E-state index contributed by atoms with van der Waals surface area (Å²) in [6.07, 6.45) is 13.0. The molecule has 4 aromatic carbocycles. The third-order valence-electron chi connectivity index (χ3n) is 7.62. The maximum absolute atomic E-state index is 3.74. The van der Waals surface area contributed by atoms with E-state index in [0.29, 0.717) is 0 Å². The third-order valence-corrected chi connectivity index (χ3v) is 7.62. The lowest BCUT2D eigenvalue weighted by Gasteiger charge is -2.25. The van der Waals surface area contributed by atoms with E-state index in [1.54, 1.807) is 0 Å². The Morgan fingerprint density at radius 1 is 0.500 bits per heavy atom. The van der Waals surface area contributed by atoms with Gasteiger partial charge in [-0.25, -0.2) is 0 Å². The van der Waals surface area contributed by atoms with Gasteiger partial charge in [-0.3, -0.25) is 0 Å². The van der Waals surface area contributed by atoms with Crippen molar-refractivity contribution in [3.8, 4) is 22.3 Å². The Bertz CT molecular complexity index is 1650. The maximum Gasteiger partial charge on any atom is 0.0542 e. The van der Waals surface area contributed by atoms with Gasteiger partial charge in [0.2, 0.25) is 0 Å². The van der Waals surface area contributed by atoms with E-state index in [0.717, 1.165) is 25.7 Å². The molecule has 0 fully saturated rings. The predicted molar refractivity (Wildman–Crippen MR) is 162 cm³/mol. The highest BCUT2D eigenvalue weighted by molar-refractivity contribution is 6.20. The largest absolute Gasteiger partial charge is 0.358 e. The summed E-state index contributed by atoms with van der Waals surface area (Å²) in [6.45, 7) is 0. The molecule has 7 rings (SSSR count). The molecule has 0 saturated heterocycles. The molecule has 184 valence electrons. The van der Waals surface area contributed by atoms with Crippen molar-refractivity contribution >= 4 is 34.0 Å². The highest BCUT2D eigenvalue weighted by Gasteiger charge is 2.28. The van der Waals surface area contributed by atoms with Gasteiger partial charge >= 0.3 is 0 Å². The van der Waals surface area contributed by atoms with Crippen LogP contribution >= 0.6 is 0 Å². The molecular weight excluding hydrogens is 460 g/mol. The van der Waals surface area contributed by atoms with Crippen molar-refractivity contribution < 1.29 is 0 Å². The number of benzene rings is 4. The second-order valence-electron chi connectivity index (χ2n) is 10.2. The zero-order valence-corrected chi connectivity index (χ0v) is 21.4. The summed E-state index contributed by atoms with van der Waals surface area (Å²) in [5.41, 5.74) is 13.1. The molecule has 2 nitrogen and oxygen atoms in total. The molecule has 0 aliphatic heterocycles. The molecule has 0 amide bonds. The lowest BCUT2D eigenvalue weighted by molar-refractivity contribution is 0.967. The summed E-state index contributed by atoms with van der Waals surface area (Å²) >= 11 is 0. The van der Waals surface area contributed by atoms with Gasteiger partial charge in [-0.1, -0.05) is 109 Å². The third kappa shape index (κ3) is 4.18. The first-order valence-electron chi connectivity index (χ1n) is 13.6. The maximum atomic E-state index is 3.74. The summed E-state index contributed by atoms with van der Waals surface area (Å²) in [4.78, 5) is 7.49. The minimum atomic E-state index is 1.01. The summed E-state index contributed by atoms with van der Waals surface area (Å²) in [7, 11) is 0. The Balaban J connectivity index is 1.08. The number of nitrogens with one attached hydrogen (secondary N) is 2. The quantitative estimate of drug-likeness (QED) is 0.212. The van der Waals surface area contributed by atoms with Crippen molar-refractivity contribution in [2.75, 3.05) is 0 Å². The fourth-order valence-corrected chi connectivity index (χ4v) is 5.74. The molecule has 2 heteroatoms. The molecule has 38 heavy (non-hydrogen) atoms. The Morgan fingerprint density at radius 3 is 1.39 bits per heavy atom. The fraction of sp³-hybridized carbons (Fsp3) is 0.111. The van der Waals surface area contributed by atoms with Crippen LogP contribution in [0.2, 0.25) is 0 Å². The first-order valence-corrected chi connectivity index (χ1v) is 13.6. The monoisotopic (exact) mass is 490 g/mol. The average Bonchev–Trinajstić information content (AvgIpc) is 3.54. The van der Waals surface area contributed by atoms with E-state index in [9.17, 15) is 0 Å². The van der Waals surface area contributed by atoms with E-state index < -0.39 is 0 Å². The molecule has 2 aromatic heterocycles. The van der Waals surface area contributed by atoms with E-state index in [1.165, 1.54) is 66.6 Å². The van der Waals surface area contributed by atoms with Crippen molar-refractivity contribution in [2.24, 2.45) is 0 Å². The van der Waals surface area contributed by atoms with E-state index in [4.69, 9.17) is 0 Å². The molecule has 0 atom stereocenters. The first kappa shape index (κ1) is 22.6. The Morgan fingerprint density at radius 2 is 0.947 bits per heavy atom. The van der Waals surface area contributed by atoms with E-state index in [1.807, 2.05) is 0 Å². The van der Waals surface area contributed by atoms with Gasteiger partial charge in [0.1, 0.15) is 0 Å². The molecule has 2 N–H and O–H groups in total. The lowest BCUT2D eigenvalue weighted by atomic mass is 9.78. The Labute approximate surface area is 223 Å². The van der Waals surface area contributed by atoms with Crippen molar-refractivity contribution in [1.29, 1.82) is 0 Å². The van der Waals surface area contributed by atoms with E-state index in [-0.39, 0.29) is 0 Å². The number of rotatable bonds is 8. The number of aromatic amines is 2. The topological polar surface area (TPSA) is 31.6 Å². The number of hydrogen-bond acceptors (Lipinski definition) is 0. The van der Waals surface area contributed by atoms with Gasteiger partial charge in [0.05, 0.1) is 11.0 Å². The summed E-state index contributed by atoms with van der Waals surface area (Å²) in [5, 5.41) is 2.60. The van der Waals surface area contributed by atoms with E-state index in [2.05, 4.69) is 131 Å². The van der Waals surface area contributed by atoms with Crippen molar-refractivity contribution in [2.45, 2.75) is 25.7 Å². The fourth-order valence-electron chi connectivity index (χ4n) is 5.74. The highest BCUT2D eigenvalue weighted by atomic mass is 14.7. The number of aromatic nitrogens is 2. The Hall–Kier alpha value is -4.56. The van der Waals surface area contributed by atoms with Crippen LogP contribution in [0.25, 0.3) is 56.2 Å². The van der Waals surface area contributed by atoms with Gasteiger partial charge in [-0.05, 0) is 60.1 Å². The van der Waals surface area contributed by atoms with Crippen LogP contribution in [0.4, 0.5) is 0 Å². The van der Waals surface area contributed by atoms with Crippen LogP contribution < -0.4 is 0 Å². The number of aryl methyl sites for hydroxylation is 2. The minimum Gasteiger partial charge on any atom is -0.358 e. The minimum absolute atomic E-state index is 1.01. The van der Waals surface area contributed by atoms with Crippen LogP contribution in [0.1, 0.15) is 35.4 Å². The van der Waals surface area contributed by atoms with Crippen molar-refractivity contribution in [3.63, 3.8) is 0 Å². The number of fused-ring (bicyclic) bond motifs is 8. The molecule has 0 bridgehead atoms. The molecule has 0 spiro atoms. The van der Waals surface area contributed by atoms with Gasteiger partial charge in [-0.15, -0.1) is 0 Å². The molecular formula is C36H30N2. The average molecular weight is 491 g/mol. The standard InChI is InChI=1S/C36H30N2/c1-3-11-25(12-4-1)15-7-9-17-29-23-27-19-21-31-33(35(27)37-29)32-22-20-28-24-30(38-36(28)34(31)32)18-10-8-16-26-13-5-2-6-14-26/h1-8,11-16,19-24,37-38H,9-10,17-18H2/b15-7+,16-8+. The molecule has 0 unspecified atom stereocenters. The van der Waals surface area contributed by atoms with Gasteiger partial charge in [0.15, 0.2) is 0 Å². The second-order valence-corrected chi connectivity index (χ2v) is 10.2. The SMILES string of the molecule is C(=C\c1ccccc1)/CCc1cc2ccc3c(c2[nH]1)-c1ccc2cc(CC/C=C/c4ccccc4)[nH]c2c1-3. The van der Waals surface area contributed by atoms with Crippen LogP contribution in [0, 0.1) is 0 Å². The van der Waals surface area contributed by atoms with E-state index >= 15 is 0 Å². The van der Waals surface area contributed by atoms with Gasteiger partial charge in [0.25, 0.3) is 0 Å². The van der Waals surface area contributed by atoms with Gasteiger partial charge < -0.3 is 9.97 Å². The lowest BCUT2D eigenvalue weighted by Crippen LogP contribution is -2.00. The van der Waals surface area contributed by atoms with Crippen molar-refractivity contribution in [3.05, 3.63) is 132 Å². The number of hydrogen-bond donors (Lipinski definition) is 2. The summed E-state index contributed by atoms with van der Waals surface area (Å²) < 4.78 is 0.